The van der Waals surface area contributed by atoms with Crippen LogP contribution in [-0.4, -0.2) is 25.0 Å². The van der Waals surface area contributed by atoms with E-state index in [-0.39, 0.29) is 0 Å². The molecule has 0 bridgehead atoms. The molecule has 5 nitrogen and oxygen atoms in total. The lowest BCUT2D eigenvalue weighted by atomic mass is 10.3. The van der Waals surface area contributed by atoms with Crippen LogP contribution in [0.2, 0.25) is 0 Å². The quantitative estimate of drug-likeness (QED) is 0.702. The minimum atomic E-state index is 0.633. The first-order valence-corrected chi connectivity index (χ1v) is 4.61. The van der Waals surface area contributed by atoms with Crippen molar-refractivity contribution in [3.63, 3.8) is 0 Å². The van der Waals surface area contributed by atoms with Gasteiger partial charge in [0.2, 0.25) is 0 Å². The molecule has 2 aromatic heterocycles. The molecule has 1 aliphatic rings. The van der Waals surface area contributed by atoms with Gasteiger partial charge in [-0.1, -0.05) is 5.21 Å². The van der Waals surface area contributed by atoms with Crippen molar-refractivity contribution in [2.45, 2.75) is 18.8 Å². The van der Waals surface area contributed by atoms with E-state index in [1.807, 2.05) is 6.20 Å². The summed E-state index contributed by atoms with van der Waals surface area (Å²) in [5.74, 6) is 0.633. The summed E-state index contributed by atoms with van der Waals surface area (Å²) >= 11 is 0. The molecule has 2 heterocycles. The van der Waals surface area contributed by atoms with E-state index in [9.17, 15) is 0 Å². The van der Waals surface area contributed by atoms with Crippen LogP contribution in [0, 0.1) is 0 Å². The van der Waals surface area contributed by atoms with Crippen molar-refractivity contribution >= 4 is 0 Å². The summed E-state index contributed by atoms with van der Waals surface area (Å²) in [6.45, 7) is 0. The Hall–Kier alpha value is -1.78. The van der Waals surface area contributed by atoms with E-state index in [0.29, 0.717) is 5.92 Å². The molecule has 1 fully saturated rings. The molecule has 0 unspecified atom stereocenters. The topological polar surface area (TPSA) is 56.5 Å². The van der Waals surface area contributed by atoms with E-state index in [1.54, 1.807) is 17.1 Å². The molecule has 5 heteroatoms. The van der Waals surface area contributed by atoms with E-state index >= 15 is 0 Å². The zero-order chi connectivity index (χ0) is 9.38. The summed E-state index contributed by atoms with van der Waals surface area (Å²) in [6.07, 6.45) is 9.38. The Balaban J connectivity index is 1.96. The van der Waals surface area contributed by atoms with E-state index in [2.05, 4.69) is 20.3 Å². The molecule has 2 aromatic rings. The van der Waals surface area contributed by atoms with E-state index < -0.39 is 0 Å². The maximum absolute atomic E-state index is 4.11. The van der Waals surface area contributed by atoms with Crippen molar-refractivity contribution in [2.75, 3.05) is 0 Å². The van der Waals surface area contributed by atoms with Crippen molar-refractivity contribution in [1.29, 1.82) is 0 Å². The molecule has 0 aliphatic heterocycles. The molecule has 0 saturated heterocycles. The van der Waals surface area contributed by atoms with Crippen molar-refractivity contribution < 1.29 is 0 Å². The highest BCUT2D eigenvalue weighted by Crippen LogP contribution is 2.38. The van der Waals surface area contributed by atoms with Gasteiger partial charge < -0.3 is 0 Å². The fourth-order valence-corrected chi connectivity index (χ4v) is 1.38. The molecule has 0 atom stereocenters. The van der Waals surface area contributed by atoms with Crippen LogP contribution >= 0.6 is 0 Å². The smallest absolute Gasteiger partial charge is 0.115 e. The molecule has 1 saturated carbocycles. The number of hydrogen-bond donors (Lipinski definition) is 0. The van der Waals surface area contributed by atoms with Gasteiger partial charge >= 0.3 is 0 Å². The molecule has 1 aliphatic carbocycles. The van der Waals surface area contributed by atoms with Gasteiger partial charge in [0, 0.05) is 5.92 Å². The largest absolute Gasteiger partial charge is 0.243 e. The average molecular weight is 187 g/mol. The van der Waals surface area contributed by atoms with Crippen LogP contribution in [0.1, 0.15) is 24.5 Å². The first kappa shape index (κ1) is 7.61. The molecule has 0 spiro atoms. The molecular formula is C9H9N5. The highest BCUT2D eigenvalue weighted by Gasteiger charge is 2.26. The van der Waals surface area contributed by atoms with Gasteiger partial charge in [-0.3, -0.25) is 0 Å². The van der Waals surface area contributed by atoms with Gasteiger partial charge in [-0.2, -0.15) is 0 Å². The second-order valence-corrected chi connectivity index (χ2v) is 3.46. The Kier molecular flexibility index (Phi) is 1.56. The van der Waals surface area contributed by atoms with Crippen LogP contribution in [0.3, 0.4) is 0 Å². The molecule has 14 heavy (non-hydrogen) atoms. The number of nitrogens with zero attached hydrogens (tertiary/aromatic N) is 5. The van der Waals surface area contributed by atoms with Crippen molar-refractivity contribution in [3.05, 3.63) is 30.6 Å². The zero-order valence-corrected chi connectivity index (χ0v) is 7.54. The van der Waals surface area contributed by atoms with E-state index in [0.717, 1.165) is 11.4 Å². The summed E-state index contributed by atoms with van der Waals surface area (Å²) in [4.78, 5) is 7.86. The van der Waals surface area contributed by atoms with Gasteiger partial charge in [-0.05, 0) is 12.8 Å². The van der Waals surface area contributed by atoms with E-state index in [1.165, 1.54) is 19.2 Å². The first-order chi connectivity index (χ1) is 6.93. The second kappa shape index (κ2) is 2.87. The second-order valence-electron chi connectivity index (χ2n) is 3.46. The molecule has 3 rings (SSSR count). The lowest BCUT2D eigenvalue weighted by molar-refractivity contribution is 0.789. The highest BCUT2D eigenvalue weighted by atomic mass is 15.4. The van der Waals surface area contributed by atoms with Crippen molar-refractivity contribution in [2.24, 2.45) is 0 Å². The molecule has 0 amide bonds. The van der Waals surface area contributed by atoms with Crippen LogP contribution < -0.4 is 0 Å². The predicted octanol–water partition coefficient (Wildman–Crippen LogP) is 0.935. The third-order valence-corrected chi connectivity index (χ3v) is 2.32. The van der Waals surface area contributed by atoms with Crippen LogP contribution in [0.15, 0.2) is 24.9 Å². The Morgan fingerprint density at radius 3 is 2.71 bits per heavy atom. The van der Waals surface area contributed by atoms with Crippen molar-refractivity contribution in [3.8, 4) is 5.69 Å². The molecule has 0 N–H and O–H groups in total. The van der Waals surface area contributed by atoms with Gasteiger partial charge in [-0.25, -0.2) is 14.6 Å². The standard InChI is InChI=1S/C9H9N5/c1-2-7(1)9-5-14(13-12-9)8-3-10-6-11-4-8/h3-7H,1-2H2. The molecule has 70 valence electrons. The fourth-order valence-electron chi connectivity index (χ4n) is 1.38. The SMILES string of the molecule is c1ncc(-n2cc(C3CC3)nn2)cn1. The minimum absolute atomic E-state index is 0.633. The normalized spacial score (nSPS) is 15.7. The molecule has 0 aromatic carbocycles. The Bertz CT molecular complexity index is 431. The third-order valence-electron chi connectivity index (χ3n) is 2.32. The first-order valence-electron chi connectivity index (χ1n) is 4.61. The van der Waals surface area contributed by atoms with Gasteiger partial charge in [0.25, 0.3) is 0 Å². The number of hydrogen-bond acceptors (Lipinski definition) is 4. The third kappa shape index (κ3) is 1.26. The van der Waals surface area contributed by atoms with Gasteiger partial charge in [0.15, 0.2) is 0 Å². The van der Waals surface area contributed by atoms with Crippen LogP contribution in [-0.2, 0) is 0 Å². The summed E-state index contributed by atoms with van der Waals surface area (Å²) in [5, 5.41) is 8.15. The highest BCUT2D eigenvalue weighted by molar-refractivity contribution is 5.24. The zero-order valence-electron chi connectivity index (χ0n) is 7.54. The van der Waals surface area contributed by atoms with Gasteiger partial charge in [0.05, 0.1) is 24.3 Å². The summed E-state index contributed by atoms with van der Waals surface area (Å²) in [6, 6.07) is 0. The monoisotopic (exact) mass is 187 g/mol. The lowest BCUT2D eigenvalue weighted by Crippen LogP contribution is -1.95. The van der Waals surface area contributed by atoms with Gasteiger partial charge in [0.1, 0.15) is 12.0 Å². The summed E-state index contributed by atoms with van der Waals surface area (Å²) in [5.41, 5.74) is 1.93. The van der Waals surface area contributed by atoms with Crippen LogP contribution in [0.4, 0.5) is 0 Å². The maximum Gasteiger partial charge on any atom is 0.115 e. The lowest BCUT2D eigenvalue weighted by Gasteiger charge is -1.95. The Labute approximate surface area is 80.8 Å². The van der Waals surface area contributed by atoms with Gasteiger partial charge in [-0.15, -0.1) is 5.10 Å². The summed E-state index contributed by atoms with van der Waals surface area (Å²) in [7, 11) is 0. The Morgan fingerprint density at radius 1 is 1.21 bits per heavy atom. The fraction of sp³-hybridized carbons (Fsp3) is 0.333. The molecule has 0 radical (unpaired) electrons. The average Bonchev–Trinajstić information content (AvgIpc) is 2.98. The minimum Gasteiger partial charge on any atom is -0.243 e. The van der Waals surface area contributed by atoms with Crippen molar-refractivity contribution in [1.82, 2.24) is 25.0 Å². The van der Waals surface area contributed by atoms with Crippen LogP contribution in [0.5, 0.6) is 0 Å². The predicted molar refractivity (Wildman–Crippen MR) is 48.9 cm³/mol. The van der Waals surface area contributed by atoms with E-state index in [4.69, 9.17) is 0 Å². The summed E-state index contributed by atoms with van der Waals surface area (Å²) < 4.78 is 1.72. The number of rotatable bonds is 2. The number of aromatic nitrogens is 5. The van der Waals surface area contributed by atoms with Crippen LogP contribution in [0.25, 0.3) is 5.69 Å². The molecular weight excluding hydrogens is 178 g/mol. The maximum atomic E-state index is 4.11. The Morgan fingerprint density at radius 2 is 2.00 bits per heavy atom.